The Morgan fingerprint density at radius 3 is 2.71 bits per heavy atom. The fourth-order valence-corrected chi connectivity index (χ4v) is 2.10. The first-order valence-corrected chi connectivity index (χ1v) is 5.91. The van der Waals surface area contributed by atoms with Crippen LogP contribution in [0.3, 0.4) is 0 Å². The number of carbonyl (C=O) groups excluding carboxylic acids is 2. The van der Waals surface area contributed by atoms with E-state index in [2.05, 4.69) is 15.9 Å². The number of amides is 1. The fourth-order valence-electron chi connectivity index (χ4n) is 1.76. The highest BCUT2D eigenvalue weighted by Gasteiger charge is 2.36. The van der Waals surface area contributed by atoms with Gasteiger partial charge in [0.1, 0.15) is 5.82 Å². The van der Waals surface area contributed by atoms with Gasteiger partial charge in [0.15, 0.2) is 0 Å². The molecule has 90 valence electrons. The molecule has 0 atom stereocenters. The van der Waals surface area contributed by atoms with E-state index in [1.807, 2.05) is 0 Å². The zero-order valence-corrected chi connectivity index (χ0v) is 10.5. The molecule has 1 aromatic rings. The molecule has 0 unspecified atom stereocenters. The summed E-state index contributed by atoms with van der Waals surface area (Å²) in [7, 11) is 0. The van der Waals surface area contributed by atoms with Crippen molar-refractivity contribution in [2.45, 2.75) is 6.42 Å². The number of nitrogens with zero attached hydrogens (tertiary/aromatic N) is 1. The topological polar surface area (TPSA) is 63.4 Å². The Morgan fingerprint density at radius 2 is 2.06 bits per heavy atom. The number of halogens is 2. The van der Waals surface area contributed by atoms with Crippen molar-refractivity contribution in [2.75, 3.05) is 18.0 Å². The highest BCUT2D eigenvalue weighted by molar-refractivity contribution is 9.10. The Kier molecular flexibility index (Phi) is 3.26. The summed E-state index contributed by atoms with van der Waals surface area (Å²) in [5, 5.41) is 0. The molecule has 1 aliphatic heterocycles. The summed E-state index contributed by atoms with van der Waals surface area (Å²) in [6.45, 7) is 0.738. The number of benzene rings is 1. The smallest absolute Gasteiger partial charge is 0.299 e. The molecule has 1 amide bonds. The number of Topliss-reactive ketones (excluding diaryl/α,β-unsaturated/α-hetero) is 1. The Hall–Kier alpha value is -1.27. The molecule has 1 aliphatic rings. The molecule has 0 fully saturated rings. The SMILES string of the molecule is NCCCN1C(=O)C(=O)c2cc(Br)c(F)cc21. The number of carbonyl (C=O) groups is 2. The minimum Gasteiger partial charge on any atom is -0.330 e. The highest BCUT2D eigenvalue weighted by atomic mass is 79.9. The van der Waals surface area contributed by atoms with Crippen LogP contribution in [0.25, 0.3) is 0 Å². The first-order chi connectivity index (χ1) is 8.06. The van der Waals surface area contributed by atoms with Gasteiger partial charge in [0.2, 0.25) is 0 Å². The lowest BCUT2D eigenvalue weighted by atomic mass is 10.1. The highest BCUT2D eigenvalue weighted by Crippen LogP contribution is 2.33. The summed E-state index contributed by atoms with van der Waals surface area (Å²) in [6, 6.07) is 2.53. The molecule has 1 heterocycles. The van der Waals surface area contributed by atoms with Crippen LogP contribution in [0, 0.1) is 5.82 Å². The summed E-state index contributed by atoms with van der Waals surface area (Å²) >= 11 is 2.99. The first-order valence-electron chi connectivity index (χ1n) is 5.11. The predicted octanol–water partition coefficient (Wildman–Crippen LogP) is 1.47. The summed E-state index contributed by atoms with van der Waals surface area (Å²) in [6.07, 6.45) is 0.566. The van der Waals surface area contributed by atoms with Gasteiger partial charge in [-0.1, -0.05) is 0 Å². The molecule has 0 bridgehead atoms. The molecule has 0 spiro atoms. The average Bonchev–Trinajstić information content (AvgIpc) is 2.52. The number of hydrogen-bond acceptors (Lipinski definition) is 3. The second kappa shape index (κ2) is 4.54. The maximum atomic E-state index is 13.4. The quantitative estimate of drug-likeness (QED) is 0.860. The average molecular weight is 301 g/mol. The molecule has 1 aromatic carbocycles. The van der Waals surface area contributed by atoms with Crippen LogP contribution in [0.2, 0.25) is 0 Å². The van der Waals surface area contributed by atoms with Crippen LogP contribution in [0.5, 0.6) is 0 Å². The predicted molar refractivity (Wildman–Crippen MR) is 64.5 cm³/mol. The van der Waals surface area contributed by atoms with Gasteiger partial charge in [-0.15, -0.1) is 0 Å². The van der Waals surface area contributed by atoms with E-state index in [1.165, 1.54) is 17.0 Å². The fraction of sp³-hybridized carbons (Fsp3) is 0.273. The lowest BCUT2D eigenvalue weighted by Gasteiger charge is -2.15. The Morgan fingerprint density at radius 1 is 1.35 bits per heavy atom. The standard InChI is InChI=1S/C11H10BrFN2O2/c12-7-4-6-9(5-8(7)13)15(3-1-2-14)11(17)10(6)16/h4-5H,1-3,14H2. The first kappa shape index (κ1) is 12.2. The third-order valence-electron chi connectivity index (χ3n) is 2.60. The number of hydrogen-bond donors (Lipinski definition) is 1. The molecular formula is C11H10BrFN2O2. The van der Waals surface area contributed by atoms with Crippen LogP contribution in [-0.2, 0) is 4.79 Å². The molecule has 0 saturated carbocycles. The zero-order chi connectivity index (χ0) is 12.6. The van der Waals surface area contributed by atoms with E-state index in [4.69, 9.17) is 5.73 Å². The lowest BCUT2D eigenvalue weighted by Crippen LogP contribution is -2.31. The van der Waals surface area contributed by atoms with E-state index >= 15 is 0 Å². The number of ketones is 1. The third kappa shape index (κ3) is 1.98. The van der Waals surface area contributed by atoms with Crippen molar-refractivity contribution in [3.63, 3.8) is 0 Å². The normalized spacial score (nSPS) is 14.4. The minimum atomic E-state index is -0.619. The number of anilines is 1. The molecular weight excluding hydrogens is 291 g/mol. The second-order valence-electron chi connectivity index (χ2n) is 3.71. The van der Waals surface area contributed by atoms with Crippen LogP contribution >= 0.6 is 15.9 Å². The molecule has 2 N–H and O–H groups in total. The van der Waals surface area contributed by atoms with Crippen molar-refractivity contribution in [2.24, 2.45) is 5.73 Å². The summed E-state index contributed by atoms with van der Waals surface area (Å²) in [4.78, 5) is 24.6. The van der Waals surface area contributed by atoms with Gasteiger partial charge in [-0.05, 0) is 41.0 Å². The number of fused-ring (bicyclic) bond motifs is 1. The van der Waals surface area contributed by atoms with Crippen LogP contribution < -0.4 is 10.6 Å². The molecule has 0 saturated heterocycles. The molecule has 0 aliphatic carbocycles. The monoisotopic (exact) mass is 300 g/mol. The van der Waals surface area contributed by atoms with Gasteiger partial charge in [0.25, 0.3) is 11.7 Å². The minimum absolute atomic E-state index is 0.179. The van der Waals surface area contributed by atoms with Crippen LogP contribution in [0.4, 0.5) is 10.1 Å². The number of rotatable bonds is 3. The molecule has 0 radical (unpaired) electrons. The van der Waals surface area contributed by atoms with Crippen molar-refractivity contribution in [3.8, 4) is 0 Å². The van der Waals surface area contributed by atoms with E-state index in [0.29, 0.717) is 25.2 Å². The third-order valence-corrected chi connectivity index (χ3v) is 3.21. The molecule has 6 heteroatoms. The van der Waals surface area contributed by atoms with Gasteiger partial charge in [0, 0.05) is 6.54 Å². The molecule has 4 nitrogen and oxygen atoms in total. The molecule has 17 heavy (non-hydrogen) atoms. The van der Waals surface area contributed by atoms with E-state index < -0.39 is 17.5 Å². The summed E-state index contributed by atoms with van der Waals surface area (Å²) < 4.78 is 13.6. The van der Waals surface area contributed by atoms with Crippen LogP contribution in [0.1, 0.15) is 16.8 Å². The zero-order valence-electron chi connectivity index (χ0n) is 8.87. The van der Waals surface area contributed by atoms with Gasteiger partial charge in [0.05, 0.1) is 15.7 Å². The Balaban J connectivity index is 2.45. The van der Waals surface area contributed by atoms with E-state index in [0.717, 1.165) is 0 Å². The van der Waals surface area contributed by atoms with E-state index in [-0.39, 0.29) is 10.0 Å². The van der Waals surface area contributed by atoms with Gasteiger partial charge in [-0.2, -0.15) is 0 Å². The van der Waals surface area contributed by atoms with Crippen LogP contribution in [0.15, 0.2) is 16.6 Å². The maximum Gasteiger partial charge on any atom is 0.299 e. The van der Waals surface area contributed by atoms with Crippen LogP contribution in [-0.4, -0.2) is 24.8 Å². The molecule has 2 rings (SSSR count). The van der Waals surface area contributed by atoms with Crippen molar-refractivity contribution in [1.82, 2.24) is 0 Å². The van der Waals surface area contributed by atoms with Crippen molar-refractivity contribution < 1.29 is 14.0 Å². The number of nitrogens with two attached hydrogens (primary N) is 1. The van der Waals surface area contributed by atoms with Crippen molar-refractivity contribution in [3.05, 3.63) is 28.0 Å². The van der Waals surface area contributed by atoms with Gasteiger partial charge in [-0.25, -0.2) is 4.39 Å². The lowest BCUT2D eigenvalue weighted by molar-refractivity contribution is -0.114. The summed E-state index contributed by atoms with van der Waals surface area (Å²) in [5.41, 5.74) is 5.92. The Bertz CT molecular complexity index is 504. The van der Waals surface area contributed by atoms with Gasteiger partial charge in [-0.3, -0.25) is 9.59 Å². The molecule has 0 aromatic heterocycles. The van der Waals surface area contributed by atoms with Crippen molar-refractivity contribution in [1.29, 1.82) is 0 Å². The second-order valence-corrected chi connectivity index (χ2v) is 4.57. The van der Waals surface area contributed by atoms with Gasteiger partial charge < -0.3 is 10.6 Å². The van der Waals surface area contributed by atoms with Gasteiger partial charge >= 0.3 is 0 Å². The van der Waals surface area contributed by atoms with E-state index in [9.17, 15) is 14.0 Å². The van der Waals surface area contributed by atoms with E-state index in [1.54, 1.807) is 0 Å². The van der Waals surface area contributed by atoms with Crippen molar-refractivity contribution >= 4 is 33.3 Å². The summed E-state index contributed by atoms with van der Waals surface area (Å²) in [5.74, 6) is -1.72. The maximum absolute atomic E-state index is 13.4. The largest absolute Gasteiger partial charge is 0.330 e. The Labute approximate surface area is 106 Å².